The van der Waals surface area contributed by atoms with Gasteiger partial charge in [-0.15, -0.1) is 0 Å². The molecule has 9 atom stereocenters. The molecule has 4 rings (SSSR count). The zero-order valence-electron chi connectivity index (χ0n) is 21.9. The molecule has 2 N–H and O–H groups in total. The molecule has 188 valence electrons. The molecule has 4 heteroatoms. The second kappa shape index (κ2) is 8.97. The van der Waals surface area contributed by atoms with Crippen LogP contribution in [-0.4, -0.2) is 34.0 Å². The molecule has 33 heavy (non-hydrogen) atoms. The monoisotopic (exact) mass is 460 g/mol. The number of allylic oxidation sites excluding steroid dienone is 1. The van der Waals surface area contributed by atoms with Crippen molar-refractivity contribution in [2.45, 2.75) is 124 Å². The van der Waals surface area contributed by atoms with Crippen LogP contribution in [0.3, 0.4) is 0 Å². The lowest BCUT2D eigenvalue weighted by atomic mass is 9.46. The predicted octanol–water partition coefficient (Wildman–Crippen LogP) is 6.05. The van der Waals surface area contributed by atoms with Crippen molar-refractivity contribution in [1.29, 1.82) is 0 Å². The second-order valence-electron chi connectivity index (χ2n) is 13.1. The first-order valence-corrected chi connectivity index (χ1v) is 13.7. The van der Waals surface area contributed by atoms with Crippen LogP contribution in [0.1, 0.15) is 106 Å². The van der Waals surface area contributed by atoms with Crippen LogP contribution >= 0.6 is 0 Å². The fourth-order valence-corrected chi connectivity index (χ4v) is 8.94. The largest absolute Gasteiger partial charge is 0.462 e. The van der Waals surface area contributed by atoms with Gasteiger partial charge in [0.1, 0.15) is 6.10 Å². The maximum absolute atomic E-state index is 11.6. The zero-order valence-corrected chi connectivity index (χ0v) is 21.9. The van der Waals surface area contributed by atoms with Crippen LogP contribution in [0.4, 0.5) is 0 Å². The van der Waals surface area contributed by atoms with Crippen molar-refractivity contribution in [2.24, 2.45) is 40.4 Å². The van der Waals surface area contributed by atoms with Crippen molar-refractivity contribution in [3.63, 3.8) is 0 Å². The van der Waals surface area contributed by atoms with Gasteiger partial charge in [0.25, 0.3) is 0 Å². The fourth-order valence-electron chi connectivity index (χ4n) is 8.94. The molecule has 0 bridgehead atoms. The highest BCUT2D eigenvalue weighted by atomic mass is 16.5. The predicted molar refractivity (Wildman–Crippen MR) is 131 cm³/mol. The third-order valence-electron chi connectivity index (χ3n) is 10.8. The van der Waals surface area contributed by atoms with Gasteiger partial charge in [0.15, 0.2) is 0 Å². The van der Waals surface area contributed by atoms with Crippen molar-refractivity contribution >= 4 is 5.97 Å². The van der Waals surface area contributed by atoms with E-state index in [4.69, 9.17) is 4.74 Å². The summed E-state index contributed by atoms with van der Waals surface area (Å²) in [5.74, 6) is 2.50. The van der Waals surface area contributed by atoms with Gasteiger partial charge < -0.3 is 14.9 Å². The van der Waals surface area contributed by atoms with E-state index in [9.17, 15) is 15.0 Å². The molecule has 0 heterocycles. The fraction of sp³-hybridized carbons (Fsp3) is 0.897. The van der Waals surface area contributed by atoms with E-state index < -0.39 is 11.7 Å². The van der Waals surface area contributed by atoms with Crippen LogP contribution in [0, 0.1) is 40.4 Å². The van der Waals surface area contributed by atoms with Crippen molar-refractivity contribution < 1.29 is 19.7 Å². The van der Waals surface area contributed by atoms with E-state index in [0.29, 0.717) is 30.1 Å². The Morgan fingerprint density at radius 3 is 2.55 bits per heavy atom. The number of hydrogen-bond acceptors (Lipinski definition) is 4. The third kappa shape index (κ3) is 4.33. The molecule has 3 saturated carbocycles. The van der Waals surface area contributed by atoms with Crippen molar-refractivity contribution in [2.75, 3.05) is 0 Å². The average molecular weight is 461 g/mol. The minimum absolute atomic E-state index is 0.0468. The van der Waals surface area contributed by atoms with Gasteiger partial charge in [0, 0.05) is 13.3 Å². The number of rotatable bonds is 6. The normalized spacial score (nSPS) is 43.1. The molecule has 0 unspecified atom stereocenters. The molecular weight excluding hydrogens is 412 g/mol. The summed E-state index contributed by atoms with van der Waals surface area (Å²) in [5, 5.41) is 22.6. The van der Waals surface area contributed by atoms with E-state index >= 15 is 0 Å². The van der Waals surface area contributed by atoms with E-state index in [-0.39, 0.29) is 28.8 Å². The Hall–Kier alpha value is -0.870. The average Bonchev–Trinajstić information content (AvgIpc) is 3.09. The first-order chi connectivity index (χ1) is 15.4. The molecule has 0 radical (unpaired) electrons. The summed E-state index contributed by atoms with van der Waals surface area (Å²) in [6.07, 6.45) is 12.2. The third-order valence-corrected chi connectivity index (χ3v) is 10.8. The molecular formula is C29H48O4. The van der Waals surface area contributed by atoms with Gasteiger partial charge in [-0.05, 0) is 105 Å². The van der Waals surface area contributed by atoms with Crippen molar-refractivity contribution in [3.8, 4) is 0 Å². The lowest BCUT2D eigenvalue weighted by Crippen LogP contribution is -2.55. The van der Waals surface area contributed by atoms with Crippen LogP contribution in [0.25, 0.3) is 0 Å². The van der Waals surface area contributed by atoms with Crippen molar-refractivity contribution in [1.82, 2.24) is 0 Å². The summed E-state index contributed by atoms with van der Waals surface area (Å²) in [7, 11) is 0. The van der Waals surface area contributed by atoms with Crippen LogP contribution in [0.2, 0.25) is 0 Å². The highest BCUT2D eigenvalue weighted by molar-refractivity contribution is 5.66. The number of carbonyl (C=O) groups is 1. The molecule has 0 aromatic carbocycles. The Morgan fingerprint density at radius 1 is 1.15 bits per heavy atom. The van der Waals surface area contributed by atoms with Crippen LogP contribution < -0.4 is 0 Å². The maximum Gasteiger partial charge on any atom is 0.302 e. The van der Waals surface area contributed by atoms with Gasteiger partial charge >= 0.3 is 5.97 Å². The number of aliphatic hydroxyl groups is 2. The number of esters is 1. The minimum Gasteiger partial charge on any atom is -0.462 e. The number of aliphatic hydroxyl groups excluding tert-OH is 1. The smallest absolute Gasteiger partial charge is 0.302 e. The highest BCUT2D eigenvalue weighted by Crippen LogP contribution is 2.67. The van der Waals surface area contributed by atoms with E-state index in [1.165, 1.54) is 25.3 Å². The molecule has 4 nitrogen and oxygen atoms in total. The Balaban J connectivity index is 1.52. The van der Waals surface area contributed by atoms with Crippen molar-refractivity contribution in [3.05, 3.63) is 11.6 Å². The summed E-state index contributed by atoms with van der Waals surface area (Å²) >= 11 is 0. The summed E-state index contributed by atoms with van der Waals surface area (Å²) in [6, 6.07) is 0. The number of ether oxygens (including phenoxy) is 1. The zero-order chi connectivity index (χ0) is 24.2. The molecule has 0 aliphatic heterocycles. The van der Waals surface area contributed by atoms with Gasteiger partial charge in [-0.25, -0.2) is 0 Å². The van der Waals surface area contributed by atoms with Gasteiger partial charge in [0.05, 0.1) is 11.7 Å². The Bertz CT molecular complexity index is 770. The lowest BCUT2D eigenvalue weighted by Gasteiger charge is -2.59. The number of carbonyl (C=O) groups excluding carboxylic acids is 1. The summed E-state index contributed by atoms with van der Waals surface area (Å²) in [5.41, 5.74) is 0.821. The van der Waals surface area contributed by atoms with Crippen LogP contribution in [0.15, 0.2) is 11.6 Å². The van der Waals surface area contributed by atoms with E-state index in [1.807, 2.05) is 6.92 Å². The first kappa shape index (κ1) is 25.2. The minimum atomic E-state index is -1.02. The summed E-state index contributed by atoms with van der Waals surface area (Å²) in [6.45, 7) is 12.7. The maximum atomic E-state index is 11.6. The number of hydrogen-bond donors (Lipinski definition) is 2. The second-order valence-corrected chi connectivity index (χ2v) is 13.1. The topological polar surface area (TPSA) is 66.8 Å². The SMILES string of the molecule is CC(=O)O[C@H]1CC[C@@]2(C)C(=CC[C@H]3[C@@H]4CC[C@H]([C@@](C)(O)[C@H](O)CCC(C)C)[C@@]4(C)CC[C@@H]32)C1. The van der Waals surface area contributed by atoms with E-state index in [1.54, 1.807) is 0 Å². The van der Waals surface area contributed by atoms with Gasteiger partial charge in [0.2, 0.25) is 0 Å². The molecule has 0 aromatic heterocycles. The Kier molecular flexibility index (Phi) is 6.86. The lowest BCUT2D eigenvalue weighted by molar-refractivity contribution is -0.154. The van der Waals surface area contributed by atoms with E-state index in [0.717, 1.165) is 44.9 Å². The van der Waals surface area contributed by atoms with E-state index in [2.05, 4.69) is 33.8 Å². The van der Waals surface area contributed by atoms with Gasteiger partial charge in [-0.1, -0.05) is 39.3 Å². The molecule has 0 spiro atoms. The van der Waals surface area contributed by atoms with Crippen LogP contribution in [0.5, 0.6) is 0 Å². The highest BCUT2D eigenvalue weighted by Gasteiger charge is 2.62. The molecule has 4 aliphatic carbocycles. The Morgan fingerprint density at radius 2 is 1.88 bits per heavy atom. The quantitative estimate of drug-likeness (QED) is 0.374. The van der Waals surface area contributed by atoms with Crippen LogP contribution in [-0.2, 0) is 9.53 Å². The summed E-state index contributed by atoms with van der Waals surface area (Å²) < 4.78 is 5.58. The summed E-state index contributed by atoms with van der Waals surface area (Å²) in [4.78, 5) is 11.5. The molecule has 0 saturated heterocycles. The molecule has 4 aliphatic rings. The van der Waals surface area contributed by atoms with Gasteiger partial charge in [-0.2, -0.15) is 0 Å². The Labute approximate surface area is 201 Å². The molecule has 0 aromatic rings. The first-order valence-electron chi connectivity index (χ1n) is 13.7. The molecule has 0 amide bonds. The number of fused-ring (bicyclic) bond motifs is 5. The standard InChI is InChI=1S/C29H48O4/c1-18(2)7-12-26(31)29(6,32)25-11-10-23-22-9-8-20-17-21(33-19(3)30)13-15-27(20,4)24(22)14-16-28(23,25)5/h8,18,21-26,31-32H,7,9-17H2,1-6H3/t21-,22-,23-,24-,25-,26+,27-,28-,29+/m0/s1. The van der Waals surface area contributed by atoms with Gasteiger partial charge in [-0.3, -0.25) is 4.79 Å². The molecule has 3 fully saturated rings.